The van der Waals surface area contributed by atoms with Gasteiger partial charge in [0.05, 0.1) is 16.9 Å². The van der Waals surface area contributed by atoms with Gasteiger partial charge in [0.15, 0.2) is 11.5 Å². The largest absolute Gasteiger partial charge is 0.454 e. The topological polar surface area (TPSA) is 71.1 Å². The van der Waals surface area contributed by atoms with Crippen molar-refractivity contribution in [3.05, 3.63) is 77.9 Å². The van der Waals surface area contributed by atoms with Crippen LogP contribution in [0.3, 0.4) is 0 Å². The summed E-state index contributed by atoms with van der Waals surface area (Å²) in [6, 6.07) is 20.2. The number of hydrogen-bond acceptors (Lipinski definition) is 5. The quantitative estimate of drug-likeness (QED) is 0.694. The molecule has 7 heteroatoms. The van der Waals surface area contributed by atoms with Gasteiger partial charge in [0.25, 0.3) is 11.8 Å². The number of para-hydroxylation sites is 2. The number of fused-ring (bicyclic) bond motifs is 4. The van der Waals surface area contributed by atoms with Crippen LogP contribution in [-0.2, 0) is 10.5 Å². The van der Waals surface area contributed by atoms with E-state index in [9.17, 15) is 9.59 Å². The molecule has 7 nitrogen and oxygen atoms in total. The third-order valence-electron chi connectivity index (χ3n) is 6.08. The van der Waals surface area contributed by atoms with E-state index in [1.807, 2.05) is 49.4 Å². The first-order valence-corrected chi connectivity index (χ1v) is 10.2. The molecule has 0 aliphatic carbocycles. The van der Waals surface area contributed by atoms with Gasteiger partial charge >= 0.3 is 0 Å². The average Bonchev–Trinajstić information content (AvgIpc) is 3.35. The van der Waals surface area contributed by atoms with Gasteiger partial charge in [-0.1, -0.05) is 30.3 Å². The summed E-state index contributed by atoms with van der Waals surface area (Å²) < 4.78 is 11.0. The smallest absolute Gasteiger partial charge is 0.279 e. The minimum atomic E-state index is -1.40. The molecule has 2 amide bonds. The molecule has 0 radical (unpaired) electrons. The van der Waals surface area contributed by atoms with Crippen LogP contribution < -0.4 is 24.6 Å². The molecule has 3 aromatic rings. The number of nitrogens with one attached hydrogen (secondary N) is 1. The number of benzene rings is 3. The van der Waals surface area contributed by atoms with Crippen LogP contribution in [-0.4, -0.2) is 25.2 Å². The Balaban J connectivity index is 1.64. The highest BCUT2D eigenvalue weighted by Crippen LogP contribution is 2.50. The number of hydrogen-bond donors (Lipinski definition) is 1. The lowest BCUT2D eigenvalue weighted by molar-refractivity contribution is -0.122. The predicted molar refractivity (Wildman–Crippen MR) is 116 cm³/mol. The first-order chi connectivity index (χ1) is 15.1. The van der Waals surface area contributed by atoms with E-state index in [1.54, 1.807) is 34.1 Å². The number of carbonyl (C=O) groups excluding carboxylic acids is 2. The molecule has 3 aliphatic heterocycles. The molecule has 154 valence electrons. The molecule has 0 saturated carbocycles. The molecule has 3 aliphatic rings. The number of ether oxygens (including phenoxy) is 2. The van der Waals surface area contributed by atoms with Crippen molar-refractivity contribution in [3.63, 3.8) is 0 Å². The van der Waals surface area contributed by atoms with Gasteiger partial charge in [0.1, 0.15) is 0 Å². The van der Waals surface area contributed by atoms with E-state index in [0.717, 1.165) is 11.3 Å². The van der Waals surface area contributed by atoms with Gasteiger partial charge in [0.2, 0.25) is 12.5 Å². The monoisotopic (exact) mass is 413 g/mol. The molecule has 3 heterocycles. The number of amides is 2. The van der Waals surface area contributed by atoms with Gasteiger partial charge in [-0.3, -0.25) is 14.5 Å². The molecule has 31 heavy (non-hydrogen) atoms. The fraction of sp³-hybridized carbons (Fsp3) is 0.167. The summed E-state index contributed by atoms with van der Waals surface area (Å²) in [4.78, 5) is 31.1. The molecule has 3 aromatic carbocycles. The minimum Gasteiger partial charge on any atom is -0.454 e. The zero-order valence-corrected chi connectivity index (χ0v) is 16.8. The Bertz CT molecular complexity index is 1260. The van der Waals surface area contributed by atoms with Gasteiger partial charge in [-0.2, -0.15) is 0 Å². The Morgan fingerprint density at radius 1 is 0.968 bits per heavy atom. The van der Waals surface area contributed by atoms with Gasteiger partial charge < -0.3 is 19.7 Å². The molecule has 1 spiro atoms. The van der Waals surface area contributed by atoms with Gasteiger partial charge in [-0.15, -0.1) is 0 Å². The lowest BCUT2D eigenvalue weighted by atomic mass is 9.92. The summed E-state index contributed by atoms with van der Waals surface area (Å²) in [6.45, 7) is 2.55. The Morgan fingerprint density at radius 3 is 2.61 bits per heavy atom. The Hall–Kier alpha value is -4.00. The van der Waals surface area contributed by atoms with Crippen molar-refractivity contribution in [2.45, 2.75) is 12.6 Å². The molecule has 1 atom stereocenters. The Morgan fingerprint density at radius 2 is 1.74 bits per heavy atom. The lowest BCUT2D eigenvalue weighted by Crippen LogP contribution is -2.63. The Kier molecular flexibility index (Phi) is 3.59. The second-order valence-corrected chi connectivity index (χ2v) is 7.63. The van der Waals surface area contributed by atoms with Crippen molar-refractivity contribution in [3.8, 4) is 11.5 Å². The van der Waals surface area contributed by atoms with Gasteiger partial charge in [0, 0.05) is 23.9 Å². The maximum atomic E-state index is 14.0. The van der Waals surface area contributed by atoms with Crippen LogP contribution in [0.25, 0.3) is 0 Å². The molecule has 1 N–H and O–H groups in total. The third kappa shape index (κ3) is 2.23. The summed E-state index contributed by atoms with van der Waals surface area (Å²) in [6.07, 6.45) is 0. The second kappa shape index (κ2) is 6.25. The molecule has 0 saturated heterocycles. The van der Waals surface area contributed by atoms with Crippen molar-refractivity contribution >= 4 is 28.9 Å². The van der Waals surface area contributed by atoms with E-state index in [2.05, 4.69) is 5.32 Å². The fourth-order valence-corrected chi connectivity index (χ4v) is 4.72. The van der Waals surface area contributed by atoms with Gasteiger partial charge in [-0.25, -0.2) is 0 Å². The molecule has 0 aromatic heterocycles. The fourth-order valence-electron chi connectivity index (χ4n) is 4.72. The maximum absolute atomic E-state index is 14.0. The first-order valence-electron chi connectivity index (χ1n) is 10.2. The van der Waals surface area contributed by atoms with E-state index in [1.165, 1.54) is 0 Å². The van der Waals surface area contributed by atoms with Crippen molar-refractivity contribution in [1.29, 1.82) is 0 Å². The zero-order valence-electron chi connectivity index (χ0n) is 16.8. The summed E-state index contributed by atoms with van der Waals surface area (Å²) in [5.41, 5.74) is 1.82. The van der Waals surface area contributed by atoms with E-state index < -0.39 is 5.66 Å². The lowest BCUT2D eigenvalue weighted by Gasteiger charge is -2.45. The predicted octanol–water partition coefficient (Wildman–Crippen LogP) is 3.71. The van der Waals surface area contributed by atoms with Crippen LogP contribution >= 0.6 is 0 Å². The number of carbonyl (C=O) groups is 2. The highest BCUT2D eigenvalue weighted by Gasteiger charge is 2.59. The molecule has 1 unspecified atom stereocenters. The SMILES string of the molecule is CCN1C(=O)C2(Nc3ccccc3C(=O)N2c2ccc3c(c2)OCO3)c2ccccc21. The number of rotatable bonds is 2. The maximum Gasteiger partial charge on any atom is 0.279 e. The van der Waals surface area contributed by atoms with Crippen molar-refractivity contribution in [2.24, 2.45) is 0 Å². The van der Waals surface area contributed by atoms with Crippen LogP contribution in [0.5, 0.6) is 11.5 Å². The highest BCUT2D eigenvalue weighted by molar-refractivity contribution is 6.22. The normalized spacial score (nSPS) is 20.7. The van der Waals surface area contributed by atoms with E-state index in [4.69, 9.17) is 9.47 Å². The summed E-state index contributed by atoms with van der Waals surface area (Å²) in [5.74, 6) is 0.709. The van der Waals surface area contributed by atoms with E-state index in [-0.39, 0.29) is 18.6 Å². The second-order valence-electron chi connectivity index (χ2n) is 7.63. The molecule has 6 rings (SSSR count). The highest BCUT2D eigenvalue weighted by atomic mass is 16.7. The Labute approximate surface area is 178 Å². The molecular formula is C24H19N3O4. The number of nitrogens with zero attached hydrogens (tertiary/aromatic N) is 2. The van der Waals surface area contributed by atoms with Crippen LogP contribution in [0.15, 0.2) is 66.7 Å². The summed E-state index contributed by atoms with van der Waals surface area (Å²) in [5, 5.41) is 3.43. The first kappa shape index (κ1) is 17.8. The van der Waals surface area contributed by atoms with Crippen LogP contribution in [0.2, 0.25) is 0 Å². The molecular weight excluding hydrogens is 394 g/mol. The standard InChI is InChI=1S/C24H19N3O4/c1-2-26-19-10-6-4-8-17(19)24(23(26)29)25-18-9-5-3-7-16(18)22(28)27(24)15-11-12-20-21(13-15)31-14-30-20/h3-13,25H,2,14H2,1H3. The summed E-state index contributed by atoms with van der Waals surface area (Å²) in [7, 11) is 0. The van der Waals surface area contributed by atoms with Crippen molar-refractivity contribution in [1.82, 2.24) is 0 Å². The van der Waals surface area contributed by atoms with Crippen molar-refractivity contribution in [2.75, 3.05) is 28.5 Å². The van der Waals surface area contributed by atoms with E-state index in [0.29, 0.717) is 35.0 Å². The minimum absolute atomic E-state index is 0.129. The number of likely N-dealkylation sites (N-methyl/N-ethyl adjacent to an activating group) is 1. The number of anilines is 3. The average molecular weight is 413 g/mol. The molecule has 0 fully saturated rings. The van der Waals surface area contributed by atoms with E-state index >= 15 is 0 Å². The van der Waals surface area contributed by atoms with Crippen molar-refractivity contribution < 1.29 is 19.1 Å². The van der Waals surface area contributed by atoms with Gasteiger partial charge in [-0.05, 0) is 37.3 Å². The van der Waals surface area contributed by atoms with Crippen LogP contribution in [0, 0.1) is 0 Å². The third-order valence-corrected chi connectivity index (χ3v) is 6.08. The van der Waals surface area contributed by atoms with Crippen LogP contribution in [0.1, 0.15) is 22.8 Å². The van der Waals surface area contributed by atoms with Crippen LogP contribution in [0.4, 0.5) is 17.1 Å². The summed E-state index contributed by atoms with van der Waals surface area (Å²) >= 11 is 0. The zero-order chi connectivity index (χ0) is 21.2. The molecule has 0 bridgehead atoms.